The Labute approximate surface area is 106 Å². The number of H-pyrrole nitrogens is 1. The number of benzene rings is 1. The number of rotatable bonds is 1. The second kappa shape index (κ2) is 3.75. The summed E-state index contributed by atoms with van der Waals surface area (Å²) in [7, 11) is 0. The SMILES string of the molecule is Oc1ccc2[nH]cc(C3CN4CCC3CC4)c2c1. The zero-order valence-corrected chi connectivity index (χ0v) is 10.4. The van der Waals surface area contributed by atoms with Gasteiger partial charge in [0.2, 0.25) is 0 Å². The zero-order valence-electron chi connectivity index (χ0n) is 10.4. The predicted molar refractivity (Wildman–Crippen MR) is 71.9 cm³/mol. The van der Waals surface area contributed by atoms with Crippen molar-refractivity contribution in [2.45, 2.75) is 18.8 Å². The lowest BCUT2D eigenvalue weighted by atomic mass is 9.75. The molecule has 18 heavy (non-hydrogen) atoms. The second-order valence-corrected chi connectivity index (χ2v) is 5.72. The van der Waals surface area contributed by atoms with Gasteiger partial charge in [0.1, 0.15) is 5.75 Å². The molecule has 0 amide bonds. The van der Waals surface area contributed by atoms with E-state index in [2.05, 4.69) is 16.1 Å². The Morgan fingerprint density at radius 2 is 2.06 bits per heavy atom. The van der Waals surface area contributed by atoms with Gasteiger partial charge in [-0.05, 0) is 55.6 Å². The van der Waals surface area contributed by atoms with Crippen LogP contribution >= 0.6 is 0 Å². The lowest BCUT2D eigenvalue weighted by molar-refractivity contribution is 0.0876. The number of hydrogen-bond donors (Lipinski definition) is 2. The van der Waals surface area contributed by atoms with Gasteiger partial charge < -0.3 is 15.0 Å². The van der Waals surface area contributed by atoms with Crippen molar-refractivity contribution in [2.24, 2.45) is 5.92 Å². The Bertz CT molecular complexity index is 581. The molecule has 3 nitrogen and oxygen atoms in total. The van der Waals surface area contributed by atoms with E-state index in [1.165, 1.54) is 43.4 Å². The van der Waals surface area contributed by atoms with Gasteiger partial charge in [-0.25, -0.2) is 0 Å². The zero-order chi connectivity index (χ0) is 12.1. The van der Waals surface area contributed by atoms with E-state index in [0.29, 0.717) is 11.7 Å². The molecule has 1 aromatic carbocycles. The van der Waals surface area contributed by atoms with Crippen LogP contribution < -0.4 is 0 Å². The lowest BCUT2D eigenvalue weighted by Crippen LogP contribution is -2.46. The molecule has 0 aliphatic carbocycles. The first kappa shape index (κ1) is 10.4. The standard InChI is InChI=1S/C15H18N2O/c18-11-1-2-15-12(7-11)13(8-16-15)14-9-17-5-3-10(14)4-6-17/h1-2,7-8,10,14,16,18H,3-6,9H2. The fraction of sp³-hybridized carbons (Fsp3) is 0.467. The average molecular weight is 242 g/mol. The maximum atomic E-state index is 9.68. The maximum Gasteiger partial charge on any atom is 0.116 e. The third-order valence-electron chi connectivity index (χ3n) is 4.75. The molecule has 2 aromatic rings. The highest BCUT2D eigenvalue weighted by Gasteiger charge is 2.35. The molecule has 3 aliphatic heterocycles. The van der Waals surface area contributed by atoms with Crippen LogP contribution in [0.3, 0.4) is 0 Å². The molecule has 1 unspecified atom stereocenters. The molecule has 3 aliphatic rings. The first-order valence-electron chi connectivity index (χ1n) is 6.83. The fourth-order valence-corrected chi connectivity index (χ4v) is 3.75. The fourth-order valence-electron chi connectivity index (χ4n) is 3.75. The van der Waals surface area contributed by atoms with E-state index in [0.717, 1.165) is 11.4 Å². The number of nitrogens with zero attached hydrogens (tertiary/aromatic N) is 1. The summed E-state index contributed by atoms with van der Waals surface area (Å²) >= 11 is 0. The van der Waals surface area contributed by atoms with Gasteiger partial charge in [-0.1, -0.05) is 0 Å². The van der Waals surface area contributed by atoms with E-state index in [1.807, 2.05) is 12.1 Å². The summed E-state index contributed by atoms with van der Waals surface area (Å²) in [5, 5.41) is 10.9. The van der Waals surface area contributed by atoms with Crippen LogP contribution in [-0.4, -0.2) is 34.6 Å². The predicted octanol–water partition coefficient (Wildman–Crippen LogP) is 2.68. The monoisotopic (exact) mass is 242 g/mol. The normalized spacial score (nSPS) is 31.0. The number of phenols is 1. The minimum Gasteiger partial charge on any atom is -0.508 e. The Hall–Kier alpha value is -1.48. The van der Waals surface area contributed by atoms with E-state index >= 15 is 0 Å². The number of aromatic hydroxyl groups is 1. The molecule has 2 bridgehead atoms. The van der Waals surface area contributed by atoms with Crippen LogP contribution in [0.1, 0.15) is 24.3 Å². The van der Waals surface area contributed by atoms with Gasteiger partial charge in [-0.15, -0.1) is 0 Å². The van der Waals surface area contributed by atoms with E-state index in [-0.39, 0.29) is 0 Å². The van der Waals surface area contributed by atoms with Crippen molar-refractivity contribution in [2.75, 3.05) is 19.6 Å². The van der Waals surface area contributed by atoms with Crippen molar-refractivity contribution in [1.29, 1.82) is 0 Å². The summed E-state index contributed by atoms with van der Waals surface area (Å²) in [6.07, 6.45) is 4.81. The number of aromatic nitrogens is 1. The van der Waals surface area contributed by atoms with E-state index in [1.54, 1.807) is 6.07 Å². The van der Waals surface area contributed by atoms with E-state index < -0.39 is 0 Å². The minimum atomic E-state index is 0.365. The van der Waals surface area contributed by atoms with Crippen LogP contribution in [0.15, 0.2) is 24.4 Å². The number of hydrogen-bond acceptors (Lipinski definition) is 2. The summed E-state index contributed by atoms with van der Waals surface area (Å²) in [4.78, 5) is 5.92. The summed E-state index contributed by atoms with van der Waals surface area (Å²) < 4.78 is 0. The van der Waals surface area contributed by atoms with Crippen molar-refractivity contribution >= 4 is 10.9 Å². The molecule has 4 heterocycles. The molecule has 0 saturated carbocycles. The topological polar surface area (TPSA) is 39.3 Å². The molecule has 3 fully saturated rings. The first-order chi connectivity index (χ1) is 8.81. The molecule has 0 radical (unpaired) electrons. The van der Waals surface area contributed by atoms with Crippen LogP contribution in [0, 0.1) is 5.92 Å². The van der Waals surface area contributed by atoms with E-state index in [4.69, 9.17) is 0 Å². The van der Waals surface area contributed by atoms with E-state index in [9.17, 15) is 5.11 Å². The highest BCUT2D eigenvalue weighted by Crippen LogP contribution is 2.41. The summed E-state index contributed by atoms with van der Waals surface area (Å²) in [6.45, 7) is 3.73. The molecule has 2 N–H and O–H groups in total. The molecule has 0 spiro atoms. The number of nitrogens with one attached hydrogen (secondary N) is 1. The number of phenolic OH excluding ortho intramolecular Hbond substituents is 1. The van der Waals surface area contributed by atoms with Crippen molar-refractivity contribution in [1.82, 2.24) is 9.88 Å². The van der Waals surface area contributed by atoms with Crippen molar-refractivity contribution in [3.8, 4) is 5.75 Å². The Morgan fingerprint density at radius 1 is 1.22 bits per heavy atom. The number of piperidine rings is 3. The molecular weight excluding hydrogens is 224 g/mol. The molecule has 5 rings (SSSR count). The van der Waals surface area contributed by atoms with Crippen molar-refractivity contribution in [3.63, 3.8) is 0 Å². The second-order valence-electron chi connectivity index (χ2n) is 5.72. The van der Waals surface area contributed by atoms with Gasteiger partial charge in [-0.2, -0.15) is 0 Å². The lowest BCUT2D eigenvalue weighted by Gasteiger charge is -2.44. The molecular formula is C15H18N2O. The highest BCUT2D eigenvalue weighted by molar-refractivity contribution is 5.85. The summed E-state index contributed by atoms with van der Waals surface area (Å²) in [5.74, 6) is 1.84. The highest BCUT2D eigenvalue weighted by atomic mass is 16.3. The molecule has 1 atom stereocenters. The van der Waals surface area contributed by atoms with Crippen LogP contribution in [-0.2, 0) is 0 Å². The van der Waals surface area contributed by atoms with Gasteiger partial charge in [0.25, 0.3) is 0 Å². The summed E-state index contributed by atoms with van der Waals surface area (Å²) in [5.41, 5.74) is 2.54. The van der Waals surface area contributed by atoms with Crippen LogP contribution in [0.25, 0.3) is 10.9 Å². The smallest absolute Gasteiger partial charge is 0.116 e. The van der Waals surface area contributed by atoms with Crippen molar-refractivity contribution in [3.05, 3.63) is 30.0 Å². The molecule has 1 aromatic heterocycles. The first-order valence-corrected chi connectivity index (χ1v) is 6.83. The molecule has 94 valence electrons. The summed E-state index contributed by atoms with van der Waals surface area (Å²) in [6, 6.07) is 5.62. The van der Waals surface area contributed by atoms with Gasteiger partial charge in [0.05, 0.1) is 0 Å². The quantitative estimate of drug-likeness (QED) is 0.807. The van der Waals surface area contributed by atoms with Crippen molar-refractivity contribution < 1.29 is 5.11 Å². The Kier molecular flexibility index (Phi) is 2.18. The number of fused-ring (bicyclic) bond motifs is 4. The Balaban J connectivity index is 1.80. The Morgan fingerprint density at radius 3 is 2.78 bits per heavy atom. The largest absolute Gasteiger partial charge is 0.508 e. The minimum absolute atomic E-state index is 0.365. The van der Waals surface area contributed by atoms with Crippen LogP contribution in [0.5, 0.6) is 5.75 Å². The van der Waals surface area contributed by atoms with Crippen LogP contribution in [0.2, 0.25) is 0 Å². The van der Waals surface area contributed by atoms with Crippen LogP contribution in [0.4, 0.5) is 0 Å². The van der Waals surface area contributed by atoms with Gasteiger partial charge in [0, 0.05) is 29.6 Å². The molecule has 3 saturated heterocycles. The van der Waals surface area contributed by atoms with Gasteiger partial charge in [0.15, 0.2) is 0 Å². The van der Waals surface area contributed by atoms with Gasteiger partial charge in [-0.3, -0.25) is 0 Å². The maximum absolute atomic E-state index is 9.68. The third-order valence-corrected chi connectivity index (χ3v) is 4.75. The average Bonchev–Trinajstić information content (AvgIpc) is 2.83. The molecule has 3 heteroatoms. The number of aromatic amines is 1. The van der Waals surface area contributed by atoms with Gasteiger partial charge >= 0.3 is 0 Å². The third kappa shape index (κ3) is 1.47.